The van der Waals surface area contributed by atoms with E-state index in [9.17, 15) is 8.42 Å². The first-order chi connectivity index (χ1) is 9.48. The van der Waals surface area contributed by atoms with Gasteiger partial charge in [0.25, 0.3) is 0 Å². The van der Waals surface area contributed by atoms with Crippen molar-refractivity contribution in [2.75, 3.05) is 32.7 Å². The van der Waals surface area contributed by atoms with Crippen LogP contribution in [0.25, 0.3) is 0 Å². The van der Waals surface area contributed by atoms with E-state index >= 15 is 0 Å². The van der Waals surface area contributed by atoms with Gasteiger partial charge >= 0.3 is 0 Å². The maximum atomic E-state index is 12.7. The zero-order chi connectivity index (χ0) is 14.8. The minimum atomic E-state index is -3.40. The number of nitrogens with zero attached hydrogens (tertiary/aromatic N) is 4. The molecule has 0 atom stereocenters. The lowest BCUT2D eigenvalue weighted by Crippen LogP contribution is -2.48. The molecule has 6 nitrogen and oxygen atoms in total. The van der Waals surface area contributed by atoms with Gasteiger partial charge in [-0.15, -0.1) is 0 Å². The Morgan fingerprint density at radius 1 is 1.20 bits per heavy atom. The lowest BCUT2D eigenvalue weighted by Gasteiger charge is -2.33. The first-order valence-corrected chi connectivity index (χ1v) is 8.69. The number of hydrogen-bond acceptors (Lipinski definition) is 4. The van der Waals surface area contributed by atoms with E-state index in [-0.39, 0.29) is 0 Å². The van der Waals surface area contributed by atoms with Crippen LogP contribution >= 0.6 is 0 Å². The molecule has 20 heavy (non-hydrogen) atoms. The van der Waals surface area contributed by atoms with E-state index in [2.05, 4.69) is 16.9 Å². The fourth-order valence-electron chi connectivity index (χ4n) is 2.56. The number of hydrogen-bond donors (Lipinski definition) is 0. The first kappa shape index (κ1) is 15.5. The topological polar surface area (TPSA) is 58.4 Å². The lowest BCUT2D eigenvalue weighted by molar-refractivity contribution is 0.188. The van der Waals surface area contributed by atoms with Crippen LogP contribution in [0.15, 0.2) is 11.1 Å². The highest BCUT2D eigenvalue weighted by molar-refractivity contribution is 7.89. The summed E-state index contributed by atoms with van der Waals surface area (Å²) in [7, 11) is -3.40. The molecule has 7 heteroatoms. The Morgan fingerprint density at radius 3 is 2.35 bits per heavy atom. The second-order valence-corrected chi connectivity index (χ2v) is 7.09. The molecular weight excluding hydrogens is 276 g/mol. The van der Waals surface area contributed by atoms with Crippen LogP contribution in [0.3, 0.4) is 0 Å². The van der Waals surface area contributed by atoms with Crippen LogP contribution in [0, 0.1) is 6.92 Å². The summed E-state index contributed by atoms with van der Waals surface area (Å²) in [5.74, 6) is 0. The average molecular weight is 300 g/mol. The SMILES string of the molecule is CCCN1CCN(S(=O)(=O)c2cn(CC)nc2C)CC1. The van der Waals surface area contributed by atoms with Gasteiger partial charge in [-0.2, -0.15) is 9.40 Å². The van der Waals surface area contributed by atoms with Crippen LogP contribution in [0.4, 0.5) is 0 Å². The van der Waals surface area contributed by atoms with Gasteiger partial charge < -0.3 is 4.90 Å². The summed E-state index contributed by atoms with van der Waals surface area (Å²) in [6.07, 6.45) is 2.75. The Kier molecular flexibility index (Phi) is 4.82. The monoisotopic (exact) mass is 300 g/mol. The standard InChI is InChI=1S/C13H24N4O2S/c1-4-6-15-7-9-17(10-8-15)20(18,19)13-11-16(5-2)14-12(13)3/h11H,4-10H2,1-3H3. The van der Waals surface area contributed by atoms with Crippen molar-refractivity contribution >= 4 is 10.0 Å². The predicted molar refractivity (Wildman–Crippen MR) is 78.1 cm³/mol. The van der Waals surface area contributed by atoms with Gasteiger partial charge in [-0.05, 0) is 26.8 Å². The highest BCUT2D eigenvalue weighted by Gasteiger charge is 2.30. The molecule has 0 aliphatic carbocycles. The van der Waals surface area contributed by atoms with Gasteiger partial charge in [0.2, 0.25) is 10.0 Å². The van der Waals surface area contributed by atoms with Gasteiger partial charge in [-0.25, -0.2) is 8.42 Å². The van der Waals surface area contributed by atoms with Crippen LogP contribution in [-0.2, 0) is 16.6 Å². The Bertz CT molecular complexity index is 545. The molecule has 0 radical (unpaired) electrons. The van der Waals surface area contributed by atoms with E-state index in [1.165, 1.54) is 0 Å². The highest BCUT2D eigenvalue weighted by Crippen LogP contribution is 2.20. The van der Waals surface area contributed by atoms with Gasteiger partial charge in [0.05, 0.1) is 5.69 Å². The second kappa shape index (κ2) is 6.24. The summed E-state index contributed by atoms with van der Waals surface area (Å²) in [5, 5.41) is 4.24. The average Bonchev–Trinajstić information content (AvgIpc) is 2.82. The number of aryl methyl sites for hydroxylation is 2. The smallest absolute Gasteiger partial charge is 0.246 e. The molecule has 1 fully saturated rings. The van der Waals surface area contributed by atoms with Crippen LogP contribution < -0.4 is 0 Å². The fourth-order valence-corrected chi connectivity index (χ4v) is 4.15. The van der Waals surface area contributed by atoms with Gasteiger partial charge in [-0.1, -0.05) is 6.92 Å². The van der Waals surface area contributed by atoms with Crippen molar-refractivity contribution in [3.63, 3.8) is 0 Å². The molecule has 2 heterocycles. The lowest BCUT2D eigenvalue weighted by atomic mass is 10.3. The van der Waals surface area contributed by atoms with E-state index < -0.39 is 10.0 Å². The van der Waals surface area contributed by atoms with Gasteiger partial charge in [0.15, 0.2) is 0 Å². The van der Waals surface area contributed by atoms with Crippen molar-refractivity contribution in [2.24, 2.45) is 0 Å². The third-order valence-electron chi connectivity index (χ3n) is 3.71. The molecule has 0 N–H and O–H groups in total. The summed E-state index contributed by atoms with van der Waals surface area (Å²) in [5.41, 5.74) is 0.586. The summed E-state index contributed by atoms with van der Waals surface area (Å²) in [6.45, 7) is 10.3. The largest absolute Gasteiger partial charge is 0.301 e. The molecule has 0 saturated carbocycles. The number of aromatic nitrogens is 2. The van der Waals surface area contributed by atoms with Crippen LogP contribution in [0.2, 0.25) is 0 Å². The summed E-state index contributed by atoms with van der Waals surface area (Å²) < 4.78 is 28.6. The van der Waals surface area contributed by atoms with E-state index in [1.54, 1.807) is 22.1 Å². The summed E-state index contributed by atoms with van der Waals surface area (Å²) in [4.78, 5) is 2.66. The summed E-state index contributed by atoms with van der Waals surface area (Å²) in [6, 6.07) is 0. The zero-order valence-electron chi connectivity index (χ0n) is 12.5. The normalized spacial score (nSPS) is 18.6. The van der Waals surface area contributed by atoms with Gasteiger partial charge in [-0.3, -0.25) is 4.68 Å². The third-order valence-corrected chi connectivity index (χ3v) is 5.72. The maximum absolute atomic E-state index is 12.7. The molecule has 0 bridgehead atoms. The quantitative estimate of drug-likeness (QED) is 0.811. The van der Waals surface area contributed by atoms with Crippen molar-refractivity contribution in [1.29, 1.82) is 0 Å². The zero-order valence-corrected chi connectivity index (χ0v) is 13.4. The Balaban J connectivity index is 2.13. The molecule has 0 unspecified atom stereocenters. The molecule has 1 aromatic rings. The van der Waals surface area contributed by atoms with Crippen molar-refractivity contribution in [3.8, 4) is 0 Å². The van der Waals surface area contributed by atoms with E-state index in [0.29, 0.717) is 30.2 Å². The van der Waals surface area contributed by atoms with Crippen molar-refractivity contribution in [1.82, 2.24) is 19.0 Å². The molecule has 114 valence electrons. The van der Waals surface area contributed by atoms with E-state index in [1.807, 2.05) is 6.92 Å². The highest BCUT2D eigenvalue weighted by atomic mass is 32.2. The number of rotatable bonds is 5. The van der Waals surface area contributed by atoms with Crippen LogP contribution in [0.5, 0.6) is 0 Å². The minimum absolute atomic E-state index is 0.350. The molecular formula is C13H24N4O2S. The molecule has 1 aliphatic rings. The second-order valence-electron chi connectivity index (χ2n) is 5.18. The number of piperazine rings is 1. The van der Waals surface area contributed by atoms with Crippen LogP contribution in [0.1, 0.15) is 26.0 Å². The minimum Gasteiger partial charge on any atom is -0.301 e. The van der Waals surface area contributed by atoms with Gasteiger partial charge in [0.1, 0.15) is 4.90 Å². The number of sulfonamides is 1. The van der Waals surface area contributed by atoms with Gasteiger partial charge in [0, 0.05) is 38.9 Å². The molecule has 1 saturated heterocycles. The summed E-state index contributed by atoms with van der Waals surface area (Å²) >= 11 is 0. The molecule has 0 spiro atoms. The Hall–Kier alpha value is -0.920. The first-order valence-electron chi connectivity index (χ1n) is 7.25. The predicted octanol–water partition coefficient (Wildman–Crippen LogP) is 0.928. The molecule has 1 aliphatic heterocycles. The molecule has 2 rings (SSSR count). The molecule has 0 aromatic carbocycles. The van der Waals surface area contributed by atoms with E-state index in [4.69, 9.17) is 0 Å². The fraction of sp³-hybridized carbons (Fsp3) is 0.769. The Labute approximate surface area is 121 Å². The maximum Gasteiger partial charge on any atom is 0.246 e. The van der Waals surface area contributed by atoms with Crippen molar-refractivity contribution < 1.29 is 8.42 Å². The van der Waals surface area contributed by atoms with Crippen molar-refractivity contribution in [3.05, 3.63) is 11.9 Å². The molecule has 1 aromatic heterocycles. The van der Waals surface area contributed by atoms with E-state index in [0.717, 1.165) is 26.1 Å². The Morgan fingerprint density at radius 2 is 1.85 bits per heavy atom. The van der Waals surface area contributed by atoms with Crippen LogP contribution in [-0.4, -0.2) is 60.1 Å². The van der Waals surface area contributed by atoms with Crippen molar-refractivity contribution in [2.45, 2.75) is 38.6 Å². The molecule has 0 amide bonds. The third kappa shape index (κ3) is 3.05.